The molecule has 0 aliphatic rings. The standard InChI is InChI=1S/C19H25N3O3.HI/c1-4-10-20-19(21-11-9-16-6-5-12-25-16)22-14-15-7-8-17(23-2)13-18(15)24-3;/h4-8,12-13H,1,9-11,14H2,2-3H3,(H2,20,21,22);1H. The quantitative estimate of drug-likeness (QED) is 0.254. The molecular weight excluding hydrogens is 445 g/mol. The summed E-state index contributed by atoms with van der Waals surface area (Å²) in [6.45, 7) is 5.56. The maximum absolute atomic E-state index is 5.41. The van der Waals surface area contributed by atoms with Gasteiger partial charge in [0, 0.05) is 31.1 Å². The molecular formula is C19H26IN3O3. The molecule has 2 N–H and O–H groups in total. The first-order valence-electron chi connectivity index (χ1n) is 8.13. The molecule has 2 rings (SSSR count). The Labute approximate surface area is 171 Å². The van der Waals surface area contributed by atoms with Crippen molar-refractivity contribution in [1.29, 1.82) is 0 Å². The lowest BCUT2D eigenvalue weighted by molar-refractivity contribution is 0.391. The Morgan fingerprint density at radius 1 is 1.23 bits per heavy atom. The topological polar surface area (TPSA) is 68.0 Å². The van der Waals surface area contributed by atoms with Gasteiger partial charge in [-0.05, 0) is 24.3 Å². The number of aliphatic imine (C=N–C) groups is 1. The average Bonchev–Trinajstić information content (AvgIpc) is 3.16. The molecule has 142 valence electrons. The number of furan rings is 1. The van der Waals surface area contributed by atoms with E-state index in [-0.39, 0.29) is 24.0 Å². The predicted molar refractivity (Wildman–Crippen MR) is 115 cm³/mol. The molecule has 0 aliphatic heterocycles. The van der Waals surface area contributed by atoms with Crippen LogP contribution in [0.2, 0.25) is 0 Å². The van der Waals surface area contributed by atoms with Gasteiger partial charge in [-0.3, -0.25) is 0 Å². The van der Waals surface area contributed by atoms with E-state index in [2.05, 4.69) is 22.2 Å². The molecule has 0 saturated carbocycles. The fourth-order valence-electron chi connectivity index (χ4n) is 2.25. The summed E-state index contributed by atoms with van der Waals surface area (Å²) < 4.78 is 16.0. The van der Waals surface area contributed by atoms with Crippen LogP contribution in [0.3, 0.4) is 0 Å². The van der Waals surface area contributed by atoms with E-state index in [1.165, 1.54) is 0 Å². The molecule has 0 atom stereocenters. The molecule has 6 nitrogen and oxygen atoms in total. The van der Waals surface area contributed by atoms with Crippen molar-refractivity contribution in [3.63, 3.8) is 0 Å². The van der Waals surface area contributed by atoms with Crippen LogP contribution in [-0.2, 0) is 13.0 Å². The van der Waals surface area contributed by atoms with Gasteiger partial charge in [-0.15, -0.1) is 30.6 Å². The third-order valence-corrected chi connectivity index (χ3v) is 3.56. The maximum Gasteiger partial charge on any atom is 0.191 e. The van der Waals surface area contributed by atoms with E-state index in [1.807, 2.05) is 30.3 Å². The second kappa shape index (κ2) is 12.2. The van der Waals surface area contributed by atoms with Crippen LogP contribution < -0.4 is 20.1 Å². The van der Waals surface area contributed by atoms with Gasteiger partial charge in [-0.25, -0.2) is 4.99 Å². The summed E-state index contributed by atoms with van der Waals surface area (Å²) in [5, 5.41) is 6.49. The highest BCUT2D eigenvalue weighted by Crippen LogP contribution is 2.25. The monoisotopic (exact) mass is 471 g/mol. The first kappa shape index (κ1) is 21.9. The summed E-state index contributed by atoms with van der Waals surface area (Å²) >= 11 is 0. The first-order valence-corrected chi connectivity index (χ1v) is 8.13. The van der Waals surface area contributed by atoms with Crippen molar-refractivity contribution >= 4 is 29.9 Å². The lowest BCUT2D eigenvalue weighted by Gasteiger charge is -2.12. The minimum Gasteiger partial charge on any atom is -0.497 e. The van der Waals surface area contributed by atoms with Crippen LogP contribution in [0.4, 0.5) is 0 Å². The third-order valence-electron chi connectivity index (χ3n) is 3.56. The number of benzene rings is 1. The van der Waals surface area contributed by atoms with Crippen LogP contribution in [0.1, 0.15) is 11.3 Å². The Bertz CT molecular complexity index is 687. The summed E-state index contributed by atoms with van der Waals surface area (Å²) in [7, 11) is 3.27. The first-order chi connectivity index (χ1) is 12.3. The van der Waals surface area contributed by atoms with Gasteiger partial charge in [0.1, 0.15) is 17.3 Å². The number of rotatable bonds is 9. The largest absolute Gasteiger partial charge is 0.497 e. The number of nitrogens with zero attached hydrogens (tertiary/aromatic N) is 1. The minimum absolute atomic E-state index is 0. The van der Waals surface area contributed by atoms with Crippen LogP contribution in [0.25, 0.3) is 0 Å². The fourth-order valence-corrected chi connectivity index (χ4v) is 2.25. The van der Waals surface area contributed by atoms with Crippen molar-refractivity contribution < 1.29 is 13.9 Å². The summed E-state index contributed by atoms with van der Waals surface area (Å²) in [5.74, 6) is 3.16. The van der Waals surface area contributed by atoms with Crippen molar-refractivity contribution in [2.45, 2.75) is 13.0 Å². The van der Waals surface area contributed by atoms with Crippen molar-refractivity contribution in [3.8, 4) is 11.5 Å². The van der Waals surface area contributed by atoms with Gasteiger partial charge in [0.25, 0.3) is 0 Å². The molecule has 0 radical (unpaired) electrons. The summed E-state index contributed by atoms with van der Waals surface area (Å²) in [4.78, 5) is 4.61. The molecule has 0 spiro atoms. The van der Waals surface area contributed by atoms with Crippen molar-refractivity contribution in [1.82, 2.24) is 10.6 Å². The molecule has 1 heterocycles. The Kier molecular flexibility index (Phi) is 10.3. The molecule has 7 heteroatoms. The molecule has 2 aromatic rings. The predicted octanol–water partition coefficient (Wildman–Crippen LogP) is 3.38. The minimum atomic E-state index is 0. The van der Waals surface area contributed by atoms with Crippen LogP contribution >= 0.6 is 24.0 Å². The second-order valence-corrected chi connectivity index (χ2v) is 5.27. The highest BCUT2D eigenvalue weighted by Gasteiger charge is 2.05. The normalized spacial score (nSPS) is 10.6. The zero-order valence-electron chi connectivity index (χ0n) is 15.2. The van der Waals surface area contributed by atoms with Crippen LogP contribution in [0.15, 0.2) is 58.7 Å². The third kappa shape index (κ3) is 6.99. The summed E-state index contributed by atoms with van der Waals surface area (Å²) in [6, 6.07) is 9.55. The van der Waals surface area contributed by atoms with E-state index in [0.29, 0.717) is 19.0 Å². The van der Waals surface area contributed by atoms with E-state index in [0.717, 1.165) is 35.8 Å². The van der Waals surface area contributed by atoms with Crippen molar-refractivity contribution in [3.05, 3.63) is 60.6 Å². The Morgan fingerprint density at radius 2 is 2.08 bits per heavy atom. The van der Waals surface area contributed by atoms with E-state index in [9.17, 15) is 0 Å². The molecule has 0 aliphatic carbocycles. The van der Waals surface area contributed by atoms with E-state index < -0.39 is 0 Å². The zero-order valence-corrected chi connectivity index (χ0v) is 17.5. The lowest BCUT2D eigenvalue weighted by atomic mass is 10.2. The Balaban J connectivity index is 0.00000338. The number of guanidine groups is 1. The summed E-state index contributed by atoms with van der Waals surface area (Å²) in [6.07, 6.45) is 4.25. The van der Waals surface area contributed by atoms with E-state index in [4.69, 9.17) is 13.9 Å². The smallest absolute Gasteiger partial charge is 0.191 e. The van der Waals surface area contributed by atoms with Crippen LogP contribution in [-0.4, -0.2) is 33.3 Å². The number of hydrogen-bond acceptors (Lipinski definition) is 4. The zero-order chi connectivity index (χ0) is 17.9. The van der Waals surface area contributed by atoms with Gasteiger partial charge in [0.2, 0.25) is 0 Å². The summed E-state index contributed by atoms with van der Waals surface area (Å²) in [5.41, 5.74) is 0.981. The molecule has 0 fully saturated rings. The van der Waals surface area contributed by atoms with Crippen molar-refractivity contribution in [2.24, 2.45) is 4.99 Å². The maximum atomic E-state index is 5.41. The van der Waals surface area contributed by atoms with Crippen LogP contribution in [0.5, 0.6) is 11.5 Å². The lowest BCUT2D eigenvalue weighted by Crippen LogP contribution is -2.38. The SMILES string of the molecule is C=CCNC(=NCc1ccc(OC)cc1OC)NCCc1ccco1.I. The Hall–Kier alpha value is -2.16. The van der Waals surface area contributed by atoms with Crippen LogP contribution in [0, 0.1) is 0 Å². The van der Waals surface area contributed by atoms with Gasteiger partial charge in [0.05, 0.1) is 27.0 Å². The van der Waals surface area contributed by atoms with Gasteiger partial charge < -0.3 is 24.5 Å². The van der Waals surface area contributed by atoms with Gasteiger partial charge in [0.15, 0.2) is 5.96 Å². The number of ether oxygens (including phenoxy) is 2. The van der Waals surface area contributed by atoms with Crippen molar-refractivity contribution in [2.75, 3.05) is 27.3 Å². The molecule has 0 saturated heterocycles. The molecule has 0 unspecified atom stereocenters. The molecule has 1 aromatic heterocycles. The Morgan fingerprint density at radius 3 is 2.73 bits per heavy atom. The van der Waals surface area contributed by atoms with Gasteiger partial charge >= 0.3 is 0 Å². The number of nitrogens with one attached hydrogen (secondary N) is 2. The molecule has 0 bridgehead atoms. The number of hydrogen-bond donors (Lipinski definition) is 2. The van der Waals surface area contributed by atoms with E-state index in [1.54, 1.807) is 26.6 Å². The van der Waals surface area contributed by atoms with E-state index >= 15 is 0 Å². The molecule has 0 amide bonds. The number of methoxy groups -OCH3 is 2. The van der Waals surface area contributed by atoms with Gasteiger partial charge in [-0.2, -0.15) is 0 Å². The molecule has 1 aromatic carbocycles. The second-order valence-electron chi connectivity index (χ2n) is 5.27. The highest BCUT2D eigenvalue weighted by molar-refractivity contribution is 14.0. The highest BCUT2D eigenvalue weighted by atomic mass is 127. The number of halogens is 1. The van der Waals surface area contributed by atoms with Gasteiger partial charge in [-0.1, -0.05) is 6.08 Å². The molecule has 26 heavy (non-hydrogen) atoms. The average molecular weight is 471 g/mol. The fraction of sp³-hybridized carbons (Fsp3) is 0.316.